The molecule has 2 aliphatic heterocycles. The van der Waals surface area contributed by atoms with Gasteiger partial charge in [-0.05, 0) is 88.3 Å². The third-order valence-electron chi connectivity index (χ3n) is 7.53. The molecule has 2 fully saturated rings. The highest BCUT2D eigenvalue weighted by Gasteiger charge is 2.31. The lowest BCUT2D eigenvalue weighted by atomic mass is 9.79. The lowest BCUT2D eigenvalue weighted by molar-refractivity contribution is -0.133. The normalized spacial score (nSPS) is 18.1. The Morgan fingerprint density at radius 3 is 2.35 bits per heavy atom. The van der Waals surface area contributed by atoms with Crippen LogP contribution in [0.25, 0.3) is 10.9 Å². The van der Waals surface area contributed by atoms with Crippen molar-refractivity contribution in [2.75, 3.05) is 46.3 Å². The van der Waals surface area contributed by atoms with E-state index >= 15 is 0 Å². The van der Waals surface area contributed by atoms with E-state index in [2.05, 4.69) is 23.9 Å². The van der Waals surface area contributed by atoms with Crippen LogP contribution in [-0.2, 0) is 4.79 Å². The van der Waals surface area contributed by atoms with Crippen molar-refractivity contribution in [3.63, 3.8) is 0 Å². The van der Waals surface area contributed by atoms with Crippen LogP contribution >= 0.6 is 24.0 Å². The number of fused-ring (bicyclic) bond motifs is 1. The summed E-state index contributed by atoms with van der Waals surface area (Å²) in [6.45, 7) is 6.85. The van der Waals surface area contributed by atoms with Crippen LogP contribution < -0.4 is 0 Å². The van der Waals surface area contributed by atoms with Crippen molar-refractivity contribution in [2.45, 2.75) is 45.4 Å². The highest BCUT2D eigenvalue weighted by atomic mass is 35.5. The summed E-state index contributed by atoms with van der Waals surface area (Å²) in [5.74, 6) is 1.49. The molecule has 0 saturated carbocycles. The topological polar surface area (TPSA) is 59.7 Å². The number of carbonyl (C=O) groups excluding carboxylic acids is 2. The smallest absolute Gasteiger partial charge is 0.270 e. The molecule has 1 aromatic heterocycles. The maximum absolute atomic E-state index is 13.3. The molecule has 2 amide bonds. The van der Waals surface area contributed by atoms with Crippen molar-refractivity contribution in [2.24, 2.45) is 11.8 Å². The highest BCUT2D eigenvalue weighted by molar-refractivity contribution is 6.31. The summed E-state index contributed by atoms with van der Waals surface area (Å²) >= 11 is 6.10. The van der Waals surface area contributed by atoms with Gasteiger partial charge >= 0.3 is 0 Å². The quantitative estimate of drug-likeness (QED) is 0.567. The molecule has 0 aliphatic carbocycles. The van der Waals surface area contributed by atoms with Crippen molar-refractivity contribution >= 4 is 46.7 Å². The molecule has 0 unspecified atom stereocenters. The second kappa shape index (κ2) is 12.3. The van der Waals surface area contributed by atoms with Crippen LogP contribution in [0, 0.1) is 11.8 Å². The number of benzene rings is 1. The molecule has 2 saturated heterocycles. The van der Waals surface area contributed by atoms with Gasteiger partial charge in [-0.15, -0.1) is 12.4 Å². The molecular weight excluding hydrogens is 471 g/mol. The number of aromatic nitrogens is 1. The summed E-state index contributed by atoms with van der Waals surface area (Å²) in [4.78, 5) is 35.7. The zero-order chi connectivity index (χ0) is 23.4. The van der Waals surface area contributed by atoms with Gasteiger partial charge in [0.15, 0.2) is 0 Å². The molecule has 8 heteroatoms. The summed E-state index contributed by atoms with van der Waals surface area (Å²) in [5, 5.41) is 1.55. The van der Waals surface area contributed by atoms with Crippen molar-refractivity contribution in [1.29, 1.82) is 0 Å². The molecule has 6 nitrogen and oxygen atoms in total. The van der Waals surface area contributed by atoms with Crippen molar-refractivity contribution in [1.82, 2.24) is 19.7 Å². The zero-order valence-corrected chi connectivity index (χ0v) is 22.0. The fourth-order valence-electron chi connectivity index (χ4n) is 5.37. The average molecular weight is 510 g/mol. The highest BCUT2D eigenvalue weighted by Crippen LogP contribution is 2.32. The first-order valence-electron chi connectivity index (χ1n) is 12.5. The minimum atomic E-state index is -0.120. The number of piperidine rings is 2. The van der Waals surface area contributed by atoms with Crippen LogP contribution in [0.15, 0.2) is 24.3 Å². The minimum absolute atomic E-state index is 0. The first-order chi connectivity index (χ1) is 15.9. The van der Waals surface area contributed by atoms with E-state index in [4.69, 9.17) is 11.6 Å². The zero-order valence-electron chi connectivity index (χ0n) is 20.4. The van der Waals surface area contributed by atoms with E-state index in [9.17, 15) is 9.59 Å². The molecule has 34 heavy (non-hydrogen) atoms. The maximum Gasteiger partial charge on any atom is 0.270 e. The van der Waals surface area contributed by atoms with Gasteiger partial charge in [0, 0.05) is 35.6 Å². The Morgan fingerprint density at radius 2 is 1.71 bits per heavy atom. The van der Waals surface area contributed by atoms with Crippen molar-refractivity contribution < 1.29 is 9.59 Å². The number of H-pyrrole nitrogens is 1. The van der Waals surface area contributed by atoms with Crippen LogP contribution in [0.1, 0.15) is 55.9 Å². The van der Waals surface area contributed by atoms with Gasteiger partial charge in [0.2, 0.25) is 5.91 Å². The Morgan fingerprint density at radius 1 is 1.06 bits per heavy atom. The van der Waals surface area contributed by atoms with Gasteiger partial charge < -0.3 is 19.7 Å². The molecule has 1 aromatic carbocycles. The predicted molar refractivity (Wildman–Crippen MR) is 141 cm³/mol. The van der Waals surface area contributed by atoms with E-state index in [-0.39, 0.29) is 30.8 Å². The Labute approximate surface area is 214 Å². The molecule has 0 bridgehead atoms. The summed E-state index contributed by atoms with van der Waals surface area (Å²) < 4.78 is 0. The van der Waals surface area contributed by atoms with E-state index in [1.165, 1.54) is 25.9 Å². The van der Waals surface area contributed by atoms with E-state index in [1.807, 2.05) is 29.2 Å². The minimum Gasteiger partial charge on any atom is -0.351 e. The number of unbranched alkanes of at least 4 members (excludes halogenated alkanes) is 1. The van der Waals surface area contributed by atoms with Crippen LogP contribution in [-0.4, -0.2) is 77.8 Å². The molecular formula is C26H38Cl2N4O2. The van der Waals surface area contributed by atoms with Crippen LogP contribution in [0.3, 0.4) is 0 Å². The maximum atomic E-state index is 13.3. The standard InChI is InChI=1S/C26H37ClN4O2.ClH/c1-3-4-11-31(26(33)24-17-21-16-22(27)5-6-23(21)28-24)18-25(32)30-14-9-20(10-15-30)19-7-12-29(2)13-8-19;/h5-6,16-17,19-20,28H,3-4,7-15,18H2,1-2H3;1H. The largest absolute Gasteiger partial charge is 0.351 e. The van der Waals surface area contributed by atoms with E-state index in [1.54, 1.807) is 4.90 Å². The summed E-state index contributed by atoms with van der Waals surface area (Å²) in [5.41, 5.74) is 1.39. The van der Waals surface area contributed by atoms with Gasteiger partial charge in [-0.3, -0.25) is 9.59 Å². The number of aromatic amines is 1. The lowest BCUT2D eigenvalue weighted by Crippen LogP contribution is -2.47. The molecule has 0 atom stereocenters. The summed E-state index contributed by atoms with van der Waals surface area (Å²) in [6, 6.07) is 7.37. The van der Waals surface area contributed by atoms with E-state index in [0.29, 0.717) is 17.3 Å². The Hall–Kier alpha value is -1.76. The lowest BCUT2D eigenvalue weighted by Gasteiger charge is -2.39. The Kier molecular flexibility index (Phi) is 9.69. The fraction of sp³-hybridized carbons (Fsp3) is 0.615. The molecule has 0 radical (unpaired) electrons. The number of amides is 2. The van der Waals surface area contributed by atoms with Gasteiger partial charge in [-0.25, -0.2) is 0 Å². The Bertz CT molecular complexity index is 963. The first kappa shape index (κ1) is 26.8. The van der Waals surface area contributed by atoms with Crippen LogP contribution in [0.2, 0.25) is 5.02 Å². The SMILES string of the molecule is CCCCN(CC(=O)N1CCC(C2CCN(C)CC2)CC1)C(=O)c1cc2cc(Cl)ccc2[nH]1.Cl. The molecule has 2 aliphatic rings. The van der Waals surface area contributed by atoms with Gasteiger partial charge in [0.25, 0.3) is 5.91 Å². The number of rotatable bonds is 7. The van der Waals surface area contributed by atoms with E-state index in [0.717, 1.165) is 61.5 Å². The third-order valence-corrected chi connectivity index (χ3v) is 7.77. The number of hydrogen-bond donors (Lipinski definition) is 1. The van der Waals surface area contributed by atoms with Crippen molar-refractivity contribution in [3.8, 4) is 0 Å². The fourth-order valence-corrected chi connectivity index (χ4v) is 5.55. The second-order valence-corrected chi connectivity index (χ2v) is 10.3. The third kappa shape index (κ3) is 6.46. The van der Waals surface area contributed by atoms with Gasteiger partial charge in [0.05, 0.1) is 0 Å². The average Bonchev–Trinajstić information content (AvgIpc) is 3.25. The molecule has 4 rings (SSSR count). The first-order valence-corrected chi connectivity index (χ1v) is 12.9. The molecule has 2 aromatic rings. The Balaban J connectivity index is 0.00000324. The summed E-state index contributed by atoms with van der Waals surface area (Å²) in [7, 11) is 2.20. The number of halogens is 2. The molecule has 3 heterocycles. The number of nitrogens with zero attached hydrogens (tertiary/aromatic N) is 3. The van der Waals surface area contributed by atoms with Crippen LogP contribution in [0.4, 0.5) is 0 Å². The number of carbonyl (C=O) groups is 2. The van der Waals surface area contributed by atoms with Gasteiger partial charge in [-0.2, -0.15) is 0 Å². The summed E-state index contributed by atoms with van der Waals surface area (Å²) in [6.07, 6.45) is 6.59. The van der Waals surface area contributed by atoms with Gasteiger partial charge in [0.1, 0.15) is 12.2 Å². The van der Waals surface area contributed by atoms with E-state index < -0.39 is 0 Å². The number of hydrogen-bond acceptors (Lipinski definition) is 3. The second-order valence-electron chi connectivity index (χ2n) is 9.85. The number of likely N-dealkylation sites (tertiary alicyclic amines) is 2. The molecule has 0 spiro atoms. The van der Waals surface area contributed by atoms with Crippen molar-refractivity contribution in [3.05, 3.63) is 35.0 Å². The predicted octanol–water partition coefficient (Wildman–Crippen LogP) is 5.07. The monoisotopic (exact) mass is 508 g/mol. The number of nitrogens with one attached hydrogen (secondary N) is 1. The molecule has 1 N–H and O–H groups in total. The van der Waals surface area contributed by atoms with Crippen LogP contribution in [0.5, 0.6) is 0 Å². The van der Waals surface area contributed by atoms with Gasteiger partial charge in [-0.1, -0.05) is 24.9 Å². The molecule has 188 valence electrons.